The van der Waals surface area contributed by atoms with E-state index in [-0.39, 0.29) is 11.8 Å². The van der Waals surface area contributed by atoms with Crippen LogP contribution in [0.4, 0.5) is 39.8 Å². The zero-order valence-corrected chi connectivity index (χ0v) is 10.5. The lowest BCUT2D eigenvalue weighted by atomic mass is 10.0. The van der Waals surface area contributed by atoms with Crippen LogP contribution in [0.2, 0.25) is 0 Å². The Kier molecular flexibility index (Phi) is 5.94. The molecule has 12 heteroatoms. The first-order valence-corrected chi connectivity index (χ1v) is 5.31. The van der Waals surface area contributed by atoms with Gasteiger partial charge in [0.05, 0.1) is 13.2 Å². The van der Waals surface area contributed by atoms with Gasteiger partial charge in [-0.25, -0.2) is 4.39 Å². The van der Waals surface area contributed by atoms with Crippen LogP contribution in [0, 0.1) is 0 Å². The van der Waals surface area contributed by atoms with Crippen LogP contribution >= 0.6 is 0 Å². The van der Waals surface area contributed by atoms with Gasteiger partial charge in [-0.1, -0.05) is 0 Å². The Labute approximate surface area is 113 Å². The summed E-state index contributed by atoms with van der Waals surface area (Å²) in [6, 6.07) is 0. The summed E-state index contributed by atoms with van der Waals surface area (Å²) in [6.45, 7) is -2.80. The fourth-order valence-corrected chi connectivity index (χ4v) is 1.75. The fraction of sp³-hybridized carbons (Fsp3) is 1.00. The van der Waals surface area contributed by atoms with Crippen LogP contribution in [0.1, 0.15) is 0 Å². The van der Waals surface area contributed by atoms with Gasteiger partial charge in [0.25, 0.3) is 0 Å². The van der Waals surface area contributed by atoms with Crippen molar-refractivity contribution in [3.8, 4) is 0 Å². The Balaban J connectivity index is 0.00000400. The molecule has 0 aromatic carbocycles. The summed E-state index contributed by atoms with van der Waals surface area (Å²) < 4.78 is 113. The predicted octanol–water partition coefficient (Wildman–Crippen LogP) is 2.57. The molecule has 0 saturated carbocycles. The van der Waals surface area contributed by atoms with Gasteiger partial charge in [0.15, 0.2) is 0 Å². The molecule has 1 heterocycles. The number of ether oxygens (including phenoxy) is 2. The van der Waals surface area contributed by atoms with E-state index in [9.17, 15) is 35.1 Å². The number of methoxy groups -OCH3 is 1. The molecule has 0 N–H and O–H groups in total. The van der Waals surface area contributed by atoms with Gasteiger partial charge in [0.1, 0.15) is 0 Å². The lowest BCUT2D eigenvalue weighted by Crippen LogP contribution is -2.72. The zero-order chi connectivity index (χ0) is 15.8. The molecule has 128 valence electrons. The lowest BCUT2D eigenvalue weighted by molar-refractivity contribution is -0.441. The van der Waals surface area contributed by atoms with Crippen LogP contribution in [0.15, 0.2) is 0 Å². The molecule has 21 heavy (non-hydrogen) atoms. The minimum atomic E-state index is -6.25. The molecule has 0 aliphatic carbocycles. The van der Waals surface area contributed by atoms with Crippen molar-refractivity contribution in [1.29, 1.82) is 0 Å². The second-order valence-corrected chi connectivity index (χ2v) is 4.01. The van der Waals surface area contributed by atoms with Crippen LogP contribution in [-0.4, -0.2) is 62.3 Å². The SMILES string of the molecule is COC(F)(F)C(F)(F)C(F)(N1CCOCC1)C(F)(F)F.F. The maximum atomic E-state index is 14.1. The topological polar surface area (TPSA) is 21.7 Å². The van der Waals surface area contributed by atoms with Crippen molar-refractivity contribution in [3.63, 3.8) is 0 Å². The Morgan fingerprint density at radius 1 is 0.905 bits per heavy atom. The van der Waals surface area contributed by atoms with Crippen molar-refractivity contribution in [2.24, 2.45) is 0 Å². The predicted molar refractivity (Wildman–Crippen MR) is 51.7 cm³/mol. The molecule has 1 aliphatic rings. The molecule has 1 atom stereocenters. The zero-order valence-electron chi connectivity index (χ0n) is 10.5. The Hall–Kier alpha value is -0.750. The summed E-state index contributed by atoms with van der Waals surface area (Å²) in [5, 5.41) is 0. The molecule has 0 spiro atoms. The molecule has 3 nitrogen and oxygen atoms in total. The molecule has 1 rings (SSSR count). The number of hydrogen-bond acceptors (Lipinski definition) is 3. The van der Waals surface area contributed by atoms with E-state index < -0.39 is 55.2 Å². The van der Waals surface area contributed by atoms with Crippen molar-refractivity contribution in [3.05, 3.63) is 0 Å². The number of rotatable bonds is 4. The summed E-state index contributed by atoms with van der Waals surface area (Å²) in [6.07, 6.45) is -11.9. The first-order valence-electron chi connectivity index (χ1n) is 5.31. The van der Waals surface area contributed by atoms with Gasteiger partial charge in [-0.05, 0) is 0 Å². The summed E-state index contributed by atoms with van der Waals surface area (Å²) in [5.41, 5.74) is 0. The number of hydrogen-bond donors (Lipinski definition) is 0. The third-order valence-electron chi connectivity index (χ3n) is 2.86. The minimum absolute atomic E-state index is 0. The second kappa shape index (κ2) is 6.16. The molecule has 1 unspecified atom stereocenters. The first-order chi connectivity index (χ1) is 8.92. The third kappa shape index (κ3) is 3.06. The monoisotopic (exact) mass is 337 g/mol. The third-order valence-corrected chi connectivity index (χ3v) is 2.86. The van der Waals surface area contributed by atoms with Crippen molar-refractivity contribution >= 4 is 0 Å². The Bertz CT molecular complexity index is 343. The van der Waals surface area contributed by atoms with Gasteiger partial charge in [-0.2, -0.15) is 30.7 Å². The van der Waals surface area contributed by atoms with Gasteiger partial charge in [0.2, 0.25) is 0 Å². The standard InChI is InChI=1S/C9H11F8NO2.FH/c1-19-9(16,17)6(10,11)7(12,8(13,14)15)18-2-4-20-5-3-18;/h2-5H2,1H3;1H. The van der Waals surface area contributed by atoms with E-state index in [1.54, 1.807) is 0 Å². The molecule has 0 bridgehead atoms. The van der Waals surface area contributed by atoms with E-state index in [2.05, 4.69) is 9.47 Å². The molecule has 0 aromatic heterocycles. The summed E-state index contributed by atoms with van der Waals surface area (Å²) in [4.78, 5) is -0.413. The minimum Gasteiger partial charge on any atom is -0.379 e. The van der Waals surface area contributed by atoms with Crippen LogP contribution in [0.25, 0.3) is 0 Å². The highest BCUT2D eigenvalue weighted by Gasteiger charge is 2.83. The Morgan fingerprint density at radius 2 is 1.33 bits per heavy atom. The van der Waals surface area contributed by atoms with Crippen molar-refractivity contribution in [2.45, 2.75) is 24.0 Å². The van der Waals surface area contributed by atoms with Gasteiger partial charge >= 0.3 is 24.0 Å². The van der Waals surface area contributed by atoms with Gasteiger partial charge in [0, 0.05) is 20.2 Å². The molecule has 1 fully saturated rings. The van der Waals surface area contributed by atoms with Crippen LogP contribution in [-0.2, 0) is 9.47 Å². The number of alkyl halides is 8. The number of nitrogens with zero attached hydrogens (tertiary/aromatic N) is 1. The van der Waals surface area contributed by atoms with Gasteiger partial charge in [-0.3, -0.25) is 9.60 Å². The highest BCUT2D eigenvalue weighted by molar-refractivity contribution is 5.04. The molecular weight excluding hydrogens is 325 g/mol. The fourth-order valence-electron chi connectivity index (χ4n) is 1.75. The van der Waals surface area contributed by atoms with E-state index >= 15 is 0 Å². The van der Waals surface area contributed by atoms with Crippen LogP contribution in [0.5, 0.6) is 0 Å². The first kappa shape index (κ1) is 20.2. The largest absolute Gasteiger partial charge is 0.443 e. The van der Waals surface area contributed by atoms with E-state index in [1.807, 2.05) is 0 Å². The second-order valence-electron chi connectivity index (χ2n) is 4.01. The van der Waals surface area contributed by atoms with E-state index in [4.69, 9.17) is 0 Å². The smallest absolute Gasteiger partial charge is 0.379 e. The van der Waals surface area contributed by atoms with Crippen molar-refractivity contribution in [1.82, 2.24) is 4.90 Å². The molecule has 0 aromatic rings. The summed E-state index contributed by atoms with van der Waals surface area (Å²) in [5.74, 6) is -11.7. The number of morpholine rings is 1. The molecular formula is C9H12F9NO2. The molecule has 1 aliphatic heterocycles. The summed E-state index contributed by atoms with van der Waals surface area (Å²) in [7, 11) is 0.0595. The van der Waals surface area contributed by atoms with E-state index in [1.165, 1.54) is 0 Å². The maximum Gasteiger partial charge on any atom is 0.443 e. The average molecular weight is 337 g/mol. The van der Waals surface area contributed by atoms with Crippen LogP contribution < -0.4 is 0 Å². The average Bonchev–Trinajstić information content (AvgIpc) is 2.37. The molecule has 0 radical (unpaired) electrons. The quantitative estimate of drug-likeness (QED) is 0.581. The maximum absolute atomic E-state index is 14.1. The summed E-state index contributed by atoms with van der Waals surface area (Å²) >= 11 is 0. The number of halogens is 9. The van der Waals surface area contributed by atoms with Crippen molar-refractivity contribution < 1.29 is 49.3 Å². The normalized spacial score (nSPS) is 21.6. The highest BCUT2D eigenvalue weighted by atomic mass is 19.4. The highest BCUT2D eigenvalue weighted by Crippen LogP contribution is 2.54. The van der Waals surface area contributed by atoms with Crippen molar-refractivity contribution in [2.75, 3.05) is 33.4 Å². The van der Waals surface area contributed by atoms with E-state index in [0.717, 1.165) is 0 Å². The van der Waals surface area contributed by atoms with E-state index in [0.29, 0.717) is 0 Å². The van der Waals surface area contributed by atoms with Crippen LogP contribution in [0.3, 0.4) is 0 Å². The van der Waals surface area contributed by atoms with Gasteiger partial charge < -0.3 is 9.47 Å². The lowest BCUT2D eigenvalue weighted by Gasteiger charge is -2.45. The van der Waals surface area contributed by atoms with Gasteiger partial charge in [-0.15, -0.1) is 0 Å². The molecule has 0 amide bonds. The Morgan fingerprint density at radius 3 is 1.67 bits per heavy atom. The molecule has 1 saturated heterocycles.